The van der Waals surface area contributed by atoms with Crippen molar-refractivity contribution in [1.82, 2.24) is 10.4 Å². The smallest absolute Gasteiger partial charge is 0.282 e. The second-order valence-corrected chi connectivity index (χ2v) is 9.56. The van der Waals surface area contributed by atoms with Crippen LogP contribution < -0.4 is 10.4 Å². The number of hydrazine groups is 1. The van der Waals surface area contributed by atoms with E-state index in [4.69, 9.17) is 39.9 Å². The molecule has 0 aromatic heterocycles. The molecule has 0 bridgehead atoms. The molecule has 1 fully saturated rings. The van der Waals surface area contributed by atoms with Gasteiger partial charge in [-0.15, -0.1) is 0 Å². The van der Waals surface area contributed by atoms with E-state index in [0.717, 1.165) is 37.9 Å². The van der Waals surface area contributed by atoms with E-state index >= 15 is 0 Å². The summed E-state index contributed by atoms with van der Waals surface area (Å²) in [6, 6.07) is 12.8. The average Bonchev–Trinajstić information content (AvgIpc) is 2.96. The van der Waals surface area contributed by atoms with Gasteiger partial charge in [-0.3, -0.25) is 15.2 Å². The van der Waals surface area contributed by atoms with Crippen molar-refractivity contribution in [3.05, 3.63) is 63.1 Å². The van der Waals surface area contributed by atoms with E-state index in [2.05, 4.69) is 12.3 Å². The fourth-order valence-corrected chi connectivity index (χ4v) is 5.11. The molecule has 2 aliphatic heterocycles. The minimum Gasteiger partial charge on any atom is -0.284 e. The molecule has 2 aromatic carbocycles. The Labute approximate surface area is 204 Å². The number of anilines is 1. The summed E-state index contributed by atoms with van der Waals surface area (Å²) in [5.74, 6) is -0.250. The van der Waals surface area contributed by atoms with E-state index in [1.165, 1.54) is 12.8 Å². The molecule has 2 atom stereocenters. The molecule has 2 heterocycles. The molecule has 1 N–H and O–H groups in total. The van der Waals surface area contributed by atoms with Crippen molar-refractivity contribution in [2.45, 2.75) is 45.1 Å². The van der Waals surface area contributed by atoms with Gasteiger partial charge in [0.2, 0.25) is 0 Å². The van der Waals surface area contributed by atoms with Crippen LogP contribution in [0.15, 0.2) is 47.6 Å². The van der Waals surface area contributed by atoms with Gasteiger partial charge >= 0.3 is 0 Å². The SMILES string of the molecule is CC[C@H]1C(C(=O)NN2CCCCCC2)=NN(c2ccc(Cl)cc2Cl)[C@H]1c1ccc(Cl)cc1. The zero-order valence-corrected chi connectivity index (χ0v) is 20.3. The Kier molecular flexibility index (Phi) is 7.62. The number of hydrogen-bond acceptors (Lipinski definition) is 4. The van der Waals surface area contributed by atoms with E-state index in [-0.39, 0.29) is 17.9 Å². The van der Waals surface area contributed by atoms with E-state index in [1.54, 1.807) is 12.1 Å². The molecule has 0 saturated carbocycles. The van der Waals surface area contributed by atoms with Gasteiger partial charge in [-0.2, -0.15) is 5.10 Å². The fourth-order valence-electron chi connectivity index (χ4n) is 4.49. The number of amides is 1. The third-order valence-corrected chi connectivity index (χ3v) is 6.91. The van der Waals surface area contributed by atoms with Gasteiger partial charge in [-0.1, -0.05) is 66.7 Å². The topological polar surface area (TPSA) is 47.9 Å². The van der Waals surface area contributed by atoms with Crippen molar-refractivity contribution in [3.63, 3.8) is 0 Å². The number of halogens is 3. The lowest BCUT2D eigenvalue weighted by atomic mass is 9.87. The van der Waals surface area contributed by atoms with Crippen LogP contribution in [0.3, 0.4) is 0 Å². The van der Waals surface area contributed by atoms with Crippen LogP contribution in [-0.4, -0.2) is 29.7 Å². The molecule has 8 heteroatoms. The third-order valence-electron chi connectivity index (χ3n) is 6.12. The Morgan fingerprint density at radius 3 is 2.28 bits per heavy atom. The van der Waals surface area contributed by atoms with Crippen LogP contribution in [0.5, 0.6) is 0 Å². The van der Waals surface area contributed by atoms with Crippen molar-refractivity contribution in [2.24, 2.45) is 11.0 Å². The summed E-state index contributed by atoms with van der Waals surface area (Å²) in [7, 11) is 0. The zero-order chi connectivity index (χ0) is 22.7. The summed E-state index contributed by atoms with van der Waals surface area (Å²) in [6.45, 7) is 3.81. The first-order chi connectivity index (χ1) is 15.5. The quantitative estimate of drug-likeness (QED) is 0.517. The Morgan fingerprint density at radius 2 is 1.66 bits per heavy atom. The molecular weight excluding hydrogens is 467 g/mol. The minimum absolute atomic E-state index is 0.102. The van der Waals surface area contributed by atoms with Crippen LogP contribution in [0.1, 0.15) is 50.6 Å². The third kappa shape index (κ3) is 5.07. The largest absolute Gasteiger partial charge is 0.284 e. The number of benzene rings is 2. The Morgan fingerprint density at radius 1 is 1.00 bits per heavy atom. The molecule has 0 spiro atoms. The average molecular weight is 494 g/mol. The van der Waals surface area contributed by atoms with Crippen molar-refractivity contribution < 1.29 is 4.79 Å². The Bertz CT molecular complexity index is 987. The number of hydrazone groups is 1. The lowest BCUT2D eigenvalue weighted by molar-refractivity contribution is -0.119. The van der Waals surface area contributed by atoms with E-state index < -0.39 is 0 Å². The Hall–Kier alpha value is -1.79. The minimum atomic E-state index is -0.180. The molecular formula is C24H27Cl3N4O. The van der Waals surface area contributed by atoms with Crippen LogP contribution in [-0.2, 0) is 4.79 Å². The van der Waals surface area contributed by atoms with Gasteiger partial charge in [0.15, 0.2) is 0 Å². The van der Waals surface area contributed by atoms with E-state index in [1.807, 2.05) is 40.3 Å². The molecule has 170 valence electrons. The molecule has 2 aromatic rings. The standard InChI is InChI=1S/C24H27Cl3N4O/c1-2-19-22(24(32)29-30-13-5-3-4-6-14-30)28-31(21-12-11-18(26)15-20(21)27)23(19)16-7-9-17(25)10-8-16/h7-12,15,19,23H,2-6,13-14H2,1H3,(H,29,32)/t19-,23-/m0/s1. The normalized spacial score (nSPS) is 21.9. The Balaban J connectivity index is 1.70. The fraction of sp³-hybridized carbons (Fsp3) is 0.417. The lowest BCUT2D eigenvalue weighted by Gasteiger charge is -2.29. The molecule has 1 saturated heterocycles. The summed E-state index contributed by atoms with van der Waals surface area (Å²) < 4.78 is 0. The lowest BCUT2D eigenvalue weighted by Crippen LogP contribution is -2.47. The summed E-state index contributed by atoms with van der Waals surface area (Å²) in [5, 5.41) is 10.4. The second-order valence-electron chi connectivity index (χ2n) is 8.28. The van der Waals surface area contributed by atoms with E-state index in [9.17, 15) is 4.79 Å². The van der Waals surface area contributed by atoms with Crippen molar-refractivity contribution in [3.8, 4) is 0 Å². The highest BCUT2D eigenvalue weighted by Gasteiger charge is 2.42. The molecule has 1 amide bonds. The van der Waals surface area contributed by atoms with Crippen LogP contribution >= 0.6 is 34.8 Å². The maximum absolute atomic E-state index is 13.4. The molecule has 5 nitrogen and oxygen atoms in total. The van der Waals surface area contributed by atoms with Gasteiger partial charge in [0.1, 0.15) is 5.71 Å². The second kappa shape index (κ2) is 10.4. The van der Waals surface area contributed by atoms with Crippen molar-refractivity contribution in [1.29, 1.82) is 0 Å². The van der Waals surface area contributed by atoms with Gasteiger partial charge in [-0.05, 0) is 55.2 Å². The number of carbonyl (C=O) groups is 1. The number of rotatable bonds is 5. The number of nitrogens with zero attached hydrogens (tertiary/aromatic N) is 3. The predicted molar refractivity (Wildman–Crippen MR) is 133 cm³/mol. The van der Waals surface area contributed by atoms with Crippen LogP contribution in [0.25, 0.3) is 0 Å². The summed E-state index contributed by atoms with van der Waals surface area (Å²) in [6.07, 6.45) is 5.33. The van der Waals surface area contributed by atoms with Gasteiger partial charge in [0.25, 0.3) is 5.91 Å². The molecule has 32 heavy (non-hydrogen) atoms. The molecule has 0 radical (unpaired) electrons. The van der Waals surface area contributed by atoms with Gasteiger partial charge in [-0.25, -0.2) is 5.01 Å². The maximum Gasteiger partial charge on any atom is 0.282 e. The molecule has 0 aliphatic carbocycles. The first-order valence-corrected chi connectivity index (χ1v) is 12.3. The predicted octanol–water partition coefficient (Wildman–Crippen LogP) is 6.50. The van der Waals surface area contributed by atoms with Gasteiger partial charge < -0.3 is 0 Å². The van der Waals surface area contributed by atoms with Crippen molar-refractivity contribution >= 4 is 52.1 Å². The molecule has 4 rings (SSSR count). The highest BCUT2D eigenvalue weighted by molar-refractivity contribution is 6.41. The van der Waals surface area contributed by atoms with Crippen LogP contribution in [0.2, 0.25) is 15.1 Å². The summed E-state index contributed by atoms with van der Waals surface area (Å²) >= 11 is 18.8. The van der Waals surface area contributed by atoms with E-state index in [0.29, 0.717) is 26.5 Å². The molecule has 0 unspecified atom stereocenters. The zero-order valence-electron chi connectivity index (χ0n) is 18.0. The summed E-state index contributed by atoms with van der Waals surface area (Å²) in [4.78, 5) is 13.4. The first-order valence-electron chi connectivity index (χ1n) is 11.1. The van der Waals surface area contributed by atoms with Gasteiger partial charge in [0, 0.05) is 29.1 Å². The highest BCUT2D eigenvalue weighted by Crippen LogP contribution is 2.43. The van der Waals surface area contributed by atoms with Crippen LogP contribution in [0, 0.1) is 5.92 Å². The monoisotopic (exact) mass is 492 g/mol. The summed E-state index contributed by atoms with van der Waals surface area (Å²) in [5.41, 5.74) is 5.36. The first kappa shape index (κ1) is 23.4. The number of nitrogens with one attached hydrogen (secondary N) is 1. The van der Waals surface area contributed by atoms with Crippen LogP contribution in [0.4, 0.5) is 5.69 Å². The highest BCUT2D eigenvalue weighted by atomic mass is 35.5. The molecule has 2 aliphatic rings. The number of hydrogen-bond donors (Lipinski definition) is 1. The van der Waals surface area contributed by atoms with Crippen molar-refractivity contribution in [2.75, 3.05) is 18.1 Å². The maximum atomic E-state index is 13.4. The van der Waals surface area contributed by atoms with Gasteiger partial charge in [0.05, 0.1) is 16.8 Å². The number of carbonyl (C=O) groups excluding carboxylic acids is 1.